The number of carbonyl (C=O) groups is 3. The number of nitrogens with one attached hydrogen (secondary N) is 1. The molecule has 2 heterocycles. The molecular formula is C20H26N4O5. The average Bonchev–Trinajstić information content (AvgIpc) is 2.99. The fourth-order valence-corrected chi connectivity index (χ4v) is 3.90. The van der Waals surface area contributed by atoms with Gasteiger partial charge in [0, 0.05) is 62.4 Å². The van der Waals surface area contributed by atoms with E-state index in [4.69, 9.17) is 0 Å². The van der Waals surface area contributed by atoms with Crippen molar-refractivity contribution in [2.45, 2.75) is 13.0 Å². The molecular weight excluding hydrogens is 376 g/mol. The van der Waals surface area contributed by atoms with Crippen molar-refractivity contribution in [3.05, 3.63) is 35.5 Å². The van der Waals surface area contributed by atoms with Crippen molar-refractivity contribution in [1.82, 2.24) is 19.7 Å². The predicted molar refractivity (Wildman–Crippen MR) is 107 cm³/mol. The van der Waals surface area contributed by atoms with E-state index in [1.54, 1.807) is 12.3 Å². The molecule has 0 bridgehead atoms. The first kappa shape index (κ1) is 20.8. The maximum Gasteiger partial charge on any atom is 0.335 e. The Balaban J connectivity index is 1.84. The van der Waals surface area contributed by atoms with Gasteiger partial charge in [0.05, 0.1) is 12.1 Å². The molecule has 9 nitrogen and oxygen atoms in total. The van der Waals surface area contributed by atoms with Gasteiger partial charge >= 0.3 is 11.9 Å². The molecule has 9 heteroatoms. The predicted octanol–water partition coefficient (Wildman–Crippen LogP) is 0.756. The second kappa shape index (κ2) is 8.62. The fraction of sp³-hybridized carbons (Fsp3) is 0.450. The van der Waals surface area contributed by atoms with E-state index in [0.29, 0.717) is 50.2 Å². The number of nitrogens with zero attached hydrogens (tertiary/aromatic N) is 3. The topological polar surface area (TPSA) is 115 Å². The van der Waals surface area contributed by atoms with E-state index >= 15 is 0 Å². The molecule has 1 aliphatic heterocycles. The van der Waals surface area contributed by atoms with Crippen molar-refractivity contribution >= 4 is 28.7 Å². The summed E-state index contributed by atoms with van der Waals surface area (Å²) < 4.78 is 1.82. The molecule has 1 amide bonds. The number of aliphatic carboxylic acids is 1. The number of fused-ring (bicyclic) bond motifs is 1. The van der Waals surface area contributed by atoms with E-state index in [9.17, 15) is 24.6 Å². The number of piperazine rings is 1. The molecule has 0 radical (unpaired) electrons. The van der Waals surface area contributed by atoms with Gasteiger partial charge in [-0.3, -0.25) is 19.4 Å². The van der Waals surface area contributed by atoms with Crippen LogP contribution in [0.4, 0.5) is 0 Å². The van der Waals surface area contributed by atoms with Crippen LogP contribution in [-0.4, -0.2) is 81.7 Å². The number of carboxylic acids is 2. The first-order valence-corrected chi connectivity index (χ1v) is 9.60. The lowest BCUT2D eigenvalue weighted by atomic mass is 10.0. The lowest BCUT2D eigenvalue weighted by Crippen LogP contribution is -2.51. The number of aryl methyl sites for hydroxylation is 1. The number of aromatic carboxylic acids is 1. The maximum atomic E-state index is 12.2. The number of hydrogen-bond donors (Lipinski definition) is 3. The van der Waals surface area contributed by atoms with Crippen molar-refractivity contribution in [3.8, 4) is 0 Å². The first-order valence-electron chi connectivity index (χ1n) is 9.60. The fourth-order valence-electron chi connectivity index (χ4n) is 3.90. The van der Waals surface area contributed by atoms with Crippen molar-refractivity contribution in [3.63, 3.8) is 0 Å². The third-order valence-electron chi connectivity index (χ3n) is 5.31. The van der Waals surface area contributed by atoms with E-state index in [2.05, 4.69) is 5.32 Å². The lowest BCUT2D eigenvalue weighted by molar-refractivity contribution is -0.144. The molecule has 1 aromatic heterocycles. The average molecular weight is 402 g/mol. The maximum absolute atomic E-state index is 12.2. The summed E-state index contributed by atoms with van der Waals surface area (Å²) >= 11 is 0. The van der Waals surface area contributed by atoms with Crippen LogP contribution >= 0.6 is 0 Å². The van der Waals surface area contributed by atoms with Crippen LogP contribution in [0.25, 0.3) is 10.9 Å². The van der Waals surface area contributed by atoms with Gasteiger partial charge in [-0.1, -0.05) is 0 Å². The highest BCUT2D eigenvalue weighted by molar-refractivity contribution is 5.96. The summed E-state index contributed by atoms with van der Waals surface area (Å²) in [5.74, 6) is -2.06. The number of likely N-dealkylation sites (N-methyl/N-ethyl adjacent to an activating group) is 1. The van der Waals surface area contributed by atoms with Gasteiger partial charge in [0.1, 0.15) is 6.04 Å². The van der Waals surface area contributed by atoms with Gasteiger partial charge in [-0.05, 0) is 25.1 Å². The Kier molecular flexibility index (Phi) is 6.19. The Hall–Kier alpha value is -2.91. The Bertz CT molecular complexity index is 930. The van der Waals surface area contributed by atoms with Gasteiger partial charge in [-0.25, -0.2) is 4.79 Å². The first-order chi connectivity index (χ1) is 13.8. The van der Waals surface area contributed by atoms with E-state index in [1.807, 2.05) is 28.3 Å². The normalized spacial score (nSPS) is 16.6. The molecule has 0 spiro atoms. The Morgan fingerprint density at radius 2 is 1.83 bits per heavy atom. The summed E-state index contributed by atoms with van der Waals surface area (Å²) in [4.78, 5) is 39.2. The van der Waals surface area contributed by atoms with Crippen LogP contribution < -0.4 is 5.32 Å². The summed E-state index contributed by atoms with van der Waals surface area (Å²) in [6.07, 6.45) is 1.76. The minimum absolute atomic E-state index is 0.0361. The number of benzene rings is 1. The summed E-state index contributed by atoms with van der Waals surface area (Å²) in [6, 6.07) is 3.87. The van der Waals surface area contributed by atoms with E-state index < -0.39 is 18.0 Å². The largest absolute Gasteiger partial charge is 0.480 e. The molecule has 0 unspecified atom stereocenters. The van der Waals surface area contributed by atoms with Crippen LogP contribution in [0.5, 0.6) is 0 Å². The second-order valence-electron chi connectivity index (χ2n) is 7.24. The number of carbonyl (C=O) groups excluding carboxylic acids is 1. The molecule has 1 saturated heterocycles. The molecule has 0 aliphatic carbocycles. The van der Waals surface area contributed by atoms with Crippen molar-refractivity contribution in [1.29, 1.82) is 0 Å². The van der Waals surface area contributed by atoms with Crippen LogP contribution in [0.3, 0.4) is 0 Å². The molecule has 1 aliphatic rings. The summed E-state index contributed by atoms with van der Waals surface area (Å²) in [5, 5.41) is 22.7. The molecule has 2 aromatic rings. The molecule has 3 rings (SSSR count). The molecule has 1 fully saturated rings. The Labute approximate surface area is 168 Å². The number of amides is 1. The minimum Gasteiger partial charge on any atom is -0.480 e. The third-order valence-corrected chi connectivity index (χ3v) is 5.31. The van der Waals surface area contributed by atoms with Crippen molar-refractivity contribution in [2.75, 3.05) is 39.3 Å². The van der Waals surface area contributed by atoms with Crippen LogP contribution in [-0.2, 0) is 16.6 Å². The van der Waals surface area contributed by atoms with E-state index in [1.165, 1.54) is 12.1 Å². The summed E-state index contributed by atoms with van der Waals surface area (Å²) in [6.45, 7) is 4.94. The SMILES string of the molecule is CCNC(=O)CN1CCN([C@@H](C(=O)O)c2cn(C)c3ccc(C(=O)O)cc23)CC1. The zero-order chi connectivity index (χ0) is 21.1. The van der Waals surface area contributed by atoms with E-state index in [-0.39, 0.29) is 11.5 Å². The smallest absolute Gasteiger partial charge is 0.335 e. The molecule has 1 atom stereocenters. The van der Waals surface area contributed by atoms with Gasteiger partial charge in [-0.2, -0.15) is 0 Å². The van der Waals surface area contributed by atoms with Gasteiger partial charge in [0.15, 0.2) is 0 Å². The molecule has 1 aromatic carbocycles. The highest BCUT2D eigenvalue weighted by Gasteiger charge is 2.33. The molecule has 0 saturated carbocycles. The zero-order valence-electron chi connectivity index (χ0n) is 16.6. The number of aromatic nitrogens is 1. The van der Waals surface area contributed by atoms with Crippen molar-refractivity contribution in [2.24, 2.45) is 7.05 Å². The number of carboxylic acid groups (broad SMARTS) is 2. The van der Waals surface area contributed by atoms with Gasteiger partial charge in [0.25, 0.3) is 0 Å². The standard InChI is InChI=1S/C20H26N4O5/c1-3-21-17(25)12-23-6-8-24(9-7-23)18(20(28)29)15-11-22(2)16-5-4-13(19(26)27)10-14(15)16/h4-5,10-11,18H,3,6-9,12H2,1-2H3,(H,21,25)(H,26,27)(H,28,29)/t18-/m1/s1. The Morgan fingerprint density at radius 3 is 2.41 bits per heavy atom. The summed E-state index contributed by atoms with van der Waals surface area (Å²) in [7, 11) is 1.81. The third kappa shape index (κ3) is 4.41. The molecule has 29 heavy (non-hydrogen) atoms. The summed E-state index contributed by atoms with van der Waals surface area (Å²) in [5.41, 5.74) is 1.49. The van der Waals surface area contributed by atoms with Crippen LogP contribution in [0.15, 0.2) is 24.4 Å². The van der Waals surface area contributed by atoms with Crippen molar-refractivity contribution < 1.29 is 24.6 Å². The van der Waals surface area contributed by atoms with Crippen LogP contribution in [0.2, 0.25) is 0 Å². The molecule has 3 N–H and O–H groups in total. The quantitative estimate of drug-likeness (QED) is 0.626. The number of hydrogen-bond acceptors (Lipinski definition) is 5. The lowest BCUT2D eigenvalue weighted by Gasteiger charge is -2.37. The zero-order valence-corrected chi connectivity index (χ0v) is 16.6. The van der Waals surface area contributed by atoms with Gasteiger partial charge in [-0.15, -0.1) is 0 Å². The second-order valence-corrected chi connectivity index (χ2v) is 7.24. The number of rotatable bonds is 7. The van der Waals surface area contributed by atoms with Crippen LogP contribution in [0.1, 0.15) is 28.9 Å². The van der Waals surface area contributed by atoms with E-state index in [0.717, 1.165) is 5.52 Å². The van der Waals surface area contributed by atoms with Crippen LogP contribution in [0, 0.1) is 0 Å². The Morgan fingerprint density at radius 1 is 1.14 bits per heavy atom. The highest BCUT2D eigenvalue weighted by atomic mass is 16.4. The molecule has 156 valence electrons. The minimum atomic E-state index is -1.05. The van der Waals surface area contributed by atoms with Gasteiger partial charge in [0.2, 0.25) is 5.91 Å². The monoisotopic (exact) mass is 402 g/mol. The van der Waals surface area contributed by atoms with Gasteiger partial charge < -0.3 is 20.1 Å². The highest BCUT2D eigenvalue weighted by Crippen LogP contribution is 2.31.